The Morgan fingerprint density at radius 1 is 0.706 bits per heavy atom. The topological polar surface area (TPSA) is 12.0 Å². The molecule has 1 N–H and O–H groups in total. The van der Waals surface area contributed by atoms with Gasteiger partial charge in [0.2, 0.25) is 0 Å². The summed E-state index contributed by atoms with van der Waals surface area (Å²) in [6.45, 7) is 7.02. The number of hydrogen-bond donors (Lipinski definition) is 1. The first kappa shape index (κ1) is 20.1. The van der Waals surface area contributed by atoms with Gasteiger partial charge in [-0.05, 0) is 14.1 Å². The van der Waals surface area contributed by atoms with Gasteiger partial charge in [-0.15, -0.1) is 0 Å². The molecule has 0 unspecified atom stereocenters. The predicted octanol–water partition coefficient (Wildman–Crippen LogP) is 5.30. The van der Waals surface area contributed by atoms with E-state index in [2.05, 4.69) is 31.0 Å². The third-order valence-corrected chi connectivity index (χ3v) is 16.8. The Balaban J connectivity index is 0. The van der Waals surface area contributed by atoms with Gasteiger partial charge in [-0.3, -0.25) is 0 Å². The van der Waals surface area contributed by atoms with E-state index in [0.717, 1.165) is 0 Å². The molecule has 0 amide bonds. The molecule has 2 heteroatoms. The molecule has 0 rings (SSSR count). The van der Waals surface area contributed by atoms with E-state index in [9.17, 15) is 0 Å². The molecule has 0 aliphatic rings. The SMILES string of the molecule is CCC[CH2][Sn]([CH3])([CH2]CCC)[CH2]CCC.CNC. The number of hydrogen-bond acceptors (Lipinski definition) is 1. The molecule has 0 aliphatic heterocycles. The molecule has 17 heavy (non-hydrogen) atoms. The molecule has 0 saturated heterocycles. The van der Waals surface area contributed by atoms with Crippen molar-refractivity contribution in [2.45, 2.75) is 77.5 Å². The second kappa shape index (κ2) is 14.8. The molecule has 0 radical (unpaired) electrons. The average Bonchev–Trinajstić information content (AvgIpc) is 2.33. The number of unbranched alkanes of at least 4 members (excludes halogenated alkanes) is 3. The van der Waals surface area contributed by atoms with Crippen LogP contribution in [0.25, 0.3) is 0 Å². The predicted molar refractivity (Wildman–Crippen MR) is 85.7 cm³/mol. The van der Waals surface area contributed by atoms with Crippen molar-refractivity contribution in [3.05, 3.63) is 0 Å². The van der Waals surface area contributed by atoms with Crippen molar-refractivity contribution in [1.29, 1.82) is 0 Å². The third-order valence-electron chi connectivity index (χ3n) is 3.40. The van der Waals surface area contributed by atoms with E-state index in [-0.39, 0.29) is 0 Å². The van der Waals surface area contributed by atoms with Gasteiger partial charge in [-0.1, -0.05) is 0 Å². The third kappa shape index (κ3) is 14.7. The van der Waals surface area contributed by atoms with Gasteiger partial charge in [0.1, 0.15) is 0 Å². The smallest absolute Gasteiger partial charge is 0.0167 e. The van der Waals surface area contributed by atoms with Gasteiger partial charge in [0.05, 0.1) is 0 Å². The monoisotopic (exact) mass is 351 g/mol. The maximum atomic E-state index is 2.75. The minimum Gasteiger partial charge on any atom is -0.323 e. The molecule has 0 atom stereocenters. The fraction of sp³-hybridized carbons (Fsp3) is 1.00. The van der Waals surface area contributed by atoms with E-state index in [1.807, 2.05) is 14.1 Å². The average molecular weight is 350 g/mol. The second-order valence-electron chi connectivity index (χ2n) is 5.62. The molecule has 1 nitrogen and oxygen atoms in total. The van der Waals surface area contributed by atoms with Crippen molar-refractivity contribution in [2.75, 3.05) is 14.1 Å². The fourth-order valence-electron chi connectivity index (χ4n) is 2.19. The number of nitrogens with one attached hydrogen (secondary N) is 1. The summed E-state index contributed by atoms with van der Waals surface area (Å²) >= 11 is -1.56. The molecule has 106 valence electrons. The summed E-state index contributed by atoms with van der Waals surface area (Å²) in [6.07, 6.45) is 8.76. The quantitative estimate of drug-likeness (QED) is 0.557. The van der Waals surface area contributed by atoms with E-state index < -0.39 is 18.4 Å². The van der Waals surface area contributed by atoms with Gasteiger partial charge < -0.3 is 5.32 Å². The van der Waals surface area contributed by atoms with Crippen molar-refractivity contribution in [3.63, 3.8) is 0 Å². The zero-order valence-electron chi connectivity index (χ0n) is 13.4. The summed E-state index contributed by atoms with van der Waals surface area (Å²) in [7, 11) is 3.75. The zero-order valence-corrected chi connectivity index (χ0v) is 16.2. The molecule has 0 heterocycles. The molecular formula is C15H37NSn. The summed E-state index contributed by atoms with van der Waals surface area (Å²) in [4.78, 5) is 2.72. The Morgan fingerprint density at radius 2 is 0.941 bits per heavy atom. The van der Waals surface area contributed by atoms with Gasteiger partial charge in [0.15, 0.2) is 0 Å². The minimum absolute atomic E-state index is 1.41. The van der Waals surface area contributed by atoms with Gasteiger partial charge >= 0.3 is 95.9 Å². The normalized spacial score (nSPS) is 10.9. The second-order valence-corrected chi connectivity index (χ2v) is 20.2. The number of rotatable bonds is 9. The Hall–Kier alpha value is 0.759. The Labute approximate surface area is 115 Å². The van der Waals surface area contributed by atoms with Crippen LogP contribution in [0.1, 0.15) is 59.3 Å². The van der Waals surface area contributed by atoms with E-state index in [4.69, 9.17) is 0 Å². The molecule has 0 spiro atoms. The molecule has 0 aromatic carbocycles. The Bertz CT molecular complexity index is 115. The van der Waals surface area contributed by atoms with Crippen molar-refractivity contribution in [1.82, 2.24) is 5.32 Å². The maximum Gasteiger partial charge on any atom is -0.0167 e. The fourth-order valence-corrected chi connectivity index (χ4v) is 14.7. The van der Waals surface area contributed by atoms with Crippen LogP contribution in [0.3, 0.4) is 0 Å². The van der Waals surface area contributed by atoms with Crippen LogP contribution in [-0.2, 0) is 0 Å². The zero-order chi connectivity index (χ0) is 13.6. The Morgan fingerprint density at radius 3 is 1.12 bits per heavy atom. The summed E-state index contributed by atoms with van der Waals surface area (Å²) in [6, 6.07) is 0. The first-order chi connectivity index (χ1) is 8.10. The molecular weight excluding hydrogens is 313 g/mol. The van der Waals surface area contributed by atoms with Crippen LogP contribution in [0.2, 0.25) is 18.2 Å². The first-order valence-corrected chi connectivity index (χ1v) is 16.6. The standard InChI is InChI=1S/3C4H9.C2H7N.CH3.Sn/c3*1-3-4-2;1-3-2;;/h3*1,3-4H2,2H3;3H,1-2H3;1H3;. The van der Waals surface area contributed by atoms with Crippen LogP contribution < -0.4 is 5.32 Å². The van der Waals surface area contributed by atoms with Crippen LogP contribution in [0.5, 0.6) is 0 Å². The van der Waals surface area contributed by atoms with Gasteiger partial charge in [0.25, 0.3) is 0 Å². The summed E-state index contributed by atoms with van der Waals surface area (Å²) in [5, 5.41) is 2.75. The van der Waals surface area contributed by atoms with E-state index in [1.54, 1.807) is 13.3 Å². The van der Waals surface area contributed by atoms with Crippen molar-refractivity contribution in [2.24, 2.45) is 0 Å². The van der Waals surface area contributed by atoms with E-state index in [1.165, 1.54) is 38.5 Å². The molecule has 0 aromatic rings. The minimum atomic E-state index is -1.56. The van der Waals surface area contributed by atoms with Crippen LogP contribution in [0.15, 0.2) is 0 Å². The van der Waals surface area contributed by atoms with Gasteiger partial charge in [0, 0.05) is 0 Å². The molecule has 0 saturated carbocycles. The van der Waals surface area contributed by atoms with Crippen molar-refractivity contribution >= 4 is 18.4 Å². The Kier molecular flexibility index (Phi) is 17.5. The molecule has 0 aromatic heterocycles. The summed E-state index contributed by atoms with van der Waals surface area (Å²) < 4.78 is 4.97. The maximum absolute atomic E-state index is 2.75. The van der Waals surface area contributed by atoms with Crippen LogP contribution in [-0.4, -0.2) is 32.5 Å². The molecule has 0 aliphatic carbocycles. The van der Waals surface area contributed by atoms with Crippen molar-refractivity contribution in [3.8, 4) is 0 Å². The van der Waals surface area contributed by atoms with Gasteiger partial charge in [-0.2, -0.15) is 0 Å². The van der Waals surface area contributed by atoms with Crippen LogP contribution in [0, 0.1) is 0 Å². The summed E-state index contributed by atoms with van der Waals surface area (Å²) in [5.41, 5.74) is 0. The summed E-state index contributed by atoms with van der Waals surface area (Å²) in [5.74, 6) is 0. The van der Waals surface area contributed by atoms with E-state index >= 15 is 0 Å². The van der Waals surface area contributed by atoms with E-state index in [0.29, 0.717) is 0 Å². The van der Waals surface area contributed by atoms with Gasteiger partial charge in [-0.25, -0.2) is 0 Å². The first-order valence-electron chi connectivity index (χ1n) is 7.68. The van der Waals surface area contributed by atoms with Crippen molar-refractivity contribution < 1.29 is 0 Å². The molecule has 0 fully saturated rings. The largest absolute Gasteiger partial charge is 0.323 e. The van der Waals surface area contributed by atoms with Crippen LogP contribution in [0.4, 0.5) is 0 Å². The van der Waals surface area contributed by atoms with Crippen LogP contribution >= 0.6 is 0 Å². The molecule has 0 bridgehead atoms.